The molecule has 2 aromatic carbocycles. The zero-order valence-corrected chi connectivity index (χ0v) is 51.6. The third-order valence-corrected chi connectivity index (χ3v) is 16.0. The van der Waals surface area contributed by atoms with E-state index in [-0.39, 0.29) is 56.9 Å². The van der Waals surface area contributed by atoms with Crippen LogP contribution in [0.4, 0.5) is 5.82 Å². The second-order valence-corrected chi connectivity index (χ2v) is 23.1. The molecule has 462 valence electrons. The maximum atomic E-state index is 13.9. The molecular formula is C68H106N6O9. The van der Waals surface area contributed by atoms with Crippen LogP contribution in [0.15, 0.2) is 55.1 Å². The molecule has 4 aromatic rings. The SMILES string of the molecule is [2H]C[C@H]1O[C@@H](n2cnc3c(NC(=O)c4ccccc4)ncnc32)CC1OC(=O)CCC(=O)OCCN(C)C(=O)c1cc(C)c(OCCCCCCCCCCCCCCCCCC)c(OCCCCCCCCCCCCCCCCCC)c1. The summed E-state index contributed by atoms with van der Waals surface area (Å²) < 4.78 is 40.0. The summed E-state index contributed by atoms with van der Waals surface area (Å²) in [5.41, 5.74) is 2.51. The number of aryl methyl sites for hydroxylation is 1. The first-order valence-corrected chi connectivity index (χ1v) is 32.6. The highest BCUT2D eigenvalue weighted by atomic mass is 16.6. The Bertz CT molecular complexity index is 2460. The Labute approximate surface area is 500 Å². The molecule has 1 aliphatic rings. The summed E-state index contributed by atoms with van der Waals surface area (Å²) in [7, 11) is 1.67. The molecule has 1 fully saturated rings. The van der Waals surface area contributed by atoms with Gasteiger partial charge in [-0.25, -0.2) is 15.0 Å². The maximum absolute atomic E-state index is 13.9. The van der Waals surface area contributed by atoms with Gasteiger partial charge in [0.15, 0.2) is 28.5 Å². The minimum atomic E-state index is -0.759. The molecule has 5 rings (SSSR count). The quantitative estimate of drug-likeness (QED) is 0.0328. The van der Waals surface area contributed by atoms with Gasteiger partial charge in [0.1, 0.15) is 25.3 Å². The summed E-state index contributed by atoms with van der Waals surface area (Å²) in [6.07, 6.45) is 42.3. The van der Waals surface area contributed by atoms with Gasteiger partial charge in [-0.05, 0) is 56.5 Å². The highest BCUT2D eigenvalue weighted by Crippen LogP contribution is 2.35. The number of nitrogens with one attached hydrogen (secondary N) is 1. The van der Waals surface area contributed by atoms with Gasteiger partial charge in [0.25, 0.3) is 11.8 Å². The van der Waals surface area contributed by atoms with Gasteiger partial charge in [0.2, 0.25) is 0 Å². The summed E-state index contributed by atoms with van der Waals surface area (Å²) in [6.45, 7) is 7.56. The van der Waals surface area contributed by atoms with Gasteiger partial charge in [0, 0.05) is 26.0 Å². The number of hydrogen-bond acceptors (Lipinski definition) is 12. The standard InChI is InChI=1S/C68H106N6O9/c1-6-8-10-12-14-16-18-20-22-24-26-28-30-32-34-39-46-79-59-50-57(49-54(3)64(59)81-47-40-35-33-31-29-27-25-23-21-19-17-15-13-11-9-7-2)68(78)73(5)45-48-80-61(75)43-44-62(76)83-58-51-60(82-55(58)4)74-53-71-63-65(69-52-70-66(63)74)72-67(77)56-41-37-36-38-42-56/h36-38,41-42,49-50,52-53,55,58,60H,6-35,39-40,43-48,51H2,1-5H3,(H,69,70,72,77)/t55-,58?,60-/m1/s1/i4D. The Hall–Kier alpha value is -5.57. The van der Waals surface area contributed by atoms with Crippen molar-refractivity contribution in [2.24, 2.45) is 0 Å². The fraction of sp³-hybridized carbons (Fsp3) is 0.691. The number of fused-ring (bicyclic) bond motifs is 1. The molecule has 0 aliphatic carbocycles. The monoisotopic (exact) mass is 1150 g/mol. The second-order valence-electron chi connectivity index (χ2n) is 23.1. The van der Waals surface area contributed by atoms with Crippen LogP contribution in [0.5, 0.6) is 11.5 Å². The van der Waals surface area contributed by atoms with Crippen molar-refractivity contribution in [1.82, 2.24) is 24.4 Å². The van der Waals surface area contributed by atoms with Crippen LogP contribution in [0.25, 0.3) is 11.2 Å². The number of esters is 2. The first-order valence-electron chi connectivity index (χ1n) is 33.3. The molecule has 3 heterocycles. The fourth-order valence-corrected chi connectivity index (χ4v) is 10.9. The molecule has 1 saturated heterocycles. The number of benzene rings is 2. The number of likely N-dealkylation sites (N-methyl/N-ethyl adjacent to an activating group) is 1. The van der Waals surface area contributed by atoms with Crippen molar-refractivity contribution in [3.63, 3.8) is 0 Å². The molecule has 83 heavy (non-hydrogen) atoms. The van der Waals surface area contributed by atoms with E-state index in [4.69, 9.17) is 25.1 Å². The van der Waals surface area contributed by atoms with Gasteiger partial charge in [-0.1, -0.05) is 225 Å². The second kappa shape index (κ2) is 41.4. The summed E-state index contributed by atoms with van der Waals surface area (Å²) in [5, 5.41) is 2.79. The zero-order chi connectivity index (χ0) is 59.8. The highest BCUT2D eigenvalue weighted by Gasteiger charge is 2.37. The Balaban J connectivity index is 1.02. The lowest BCUT2D eigenvalue weighted by Crippen LogP contribution is -2.31. The van der Waals surface area contributed by atoms with Crippen molar-refractivity contribution in [2.45, 2.75) is 271 Å². The number of unbranched alkanes of at least 4 members (excludes halogenated alkanes) is 30. The lowest BCUT2D eigenvalue weighted by Gasteiger charge is -2.20. The molecule has 3 atom stereocenters. The van der Waals surface area contributed by atoms with Crippen LogP contribution in [-0.2, 0) is 23.8 Å². The largest absolute Gasteiger partial charge is 0.490 e. The Morgan fingerprint density at radius 3 is 1.70 bits per heavy atom. The molecule has 0 saturated carbocycles. The molecule has 1 aliphatic heterocycles. The average molecular weight is 1150 g/mol. The number of hydrogen-bond donors (Lipinski definition) is 1. The van der Waals surface area contributed by atoms with E-state index in [2.05, 4.69) is 34.1 Å². The van der Waals surface area contributed by atoms with E-state index < -0.39 is 30.4 Å². The number of rotatable bonds is 47. The van der Waals surface area contributed by atoms with Crippen LogP contribution in [0.2, 0.25) is 0 Å². The smallest absolute Gasteiger partial charge is 0.306 e. The normalized spacial score (nSPS) is 15.1. The number of imidazole rings is 1. The third-order valence-electron chi connectivity index (χ3n) is 16.0. The van der Waals surface area contributed by atoms with E-state index in [0.29, 0.717) is 47.0 Å². The number of carbonyl (C=O) groups is 4. The van der Waals surface area contributed by atoms with Crippen LogP contribution in [0.1, 0.15) is 279 Å². The van der Waals surface area contributed by atoms with E-state index in [0.717, 1.165) is 31.2 Å². The van der Waals surface area contributed by atoms with Crippen LogP contribution in [0.3, 0.4) is 0 Å². The van der Waals surface area contributed by atoms with Crippen molar-refractivity contribution in [3.8, 4) is 11.5 Å². The van der Waals surface area contributed by atoms with Crippen LogP contribution >= 0.6 is 0 Å². The van der Waals surface area contributed by atoms with Gasteiger partial charge in [-0.3, -0.25) is 23.7 Å². The number of amides is 2. The summed E-state index contributed by atoms with van der Waals surface area (Å²) in [4.78, 5) is 67.2. The molecule has 0 spiro atoms. The fourth-order valence-electron chi connectivity index (χ4n) is 10.9. The molecule has 2 amide bonds. The molecular weight excluding hydrogens is 1040 g/mol. The summed E-state index contributed by atoms with van der Waals surface area (Å²) >= 11 is 0. The molecule has 0 radical (unpaired) electrons. The lowest BCUT2D eigenvalue weighted by molar-refractivity contribution is -0.155. The number of nitrogens with zero attached hydrogens (tertiary/aromatic N) is 5. The number of carbonyl (C=O) groups excluding carboxylic acids is 4. The van der Waals surface area contributed by atoms with Crippen LogP contribution < -0.4 is 14.8 Å². The Kier molecular flexibility index (Phi) is 33.2. The van der Waals surface area contributed by atoms with Crippen LogP contribution in [0, 0.1) is 6.92 Å². The topological polar surface area (TPSA) is 173 Å². The van der Waals surface area contributed by atoms with Crippen molar-refractivity contribution >= 4 is 40.7 Å². The van der Waals surface area contributed by atoms with Gasteiger partial charge in [0.05, 0.1) is 45.0 Å². The molecule has 15 heteroatoms. The molecule has 2 aromatic heterocycles. The zero-order valence-electron chi connectivity index (χ0n) is 52.6. The van der Waals surface area contributed by atoms with Crippen LogP contribution in [-0.4, -0.2) is 93.8 Å². The predicted molar refractivity (Wildman–Crippen MR) is 332 cm³/mol. The van der Waals surface area contributed by atoms with Gasteiger partial charge in [-0.15, -0.1) is 0 Å². The van der Waals surface area contributed by atoms with Crippen molar-refractivity contribution in [2.75, 3.05) is 38.7 Å². The molecule has 15 nitrogen and oxygen atoms in total. The molecule has 1 unspecified atom stereocenters. The Morgan fingerprint density at radius 2 is 1.16 bits per heavy atom. The van der Waals surface area contributed by atoms with Crippen molar-refractivity contribution < 1.29 is 44.2 Å². The minimum absolute atomic E-state index is 0.0582. The molecule has 0 bridgehead atoms. The summed E-state index contributed by atoms with van der Waals surface area (Å²) in [6, 6.07) is 12.4. The average Bonchev–Trinajstić information content (AvgIpc) is 2.90. The predicted octanol–water partition coefficient (Wildman–Crippen LogP) is 17.0. The lowest BCUT2D eigenvalue weighted by atomic mass is 10.0. The first kappa shape index (κ1) is 66.6. The van der Waals surface area contributed by atoms with Gasteiger partial charge in [-0.2, -0.15) is 0 Å². The van der Waals surface area contributed by atoms with E-state index in [1.54, 1.807) is 41.9 Å². The van der Waals surface area contributed by atoms with Crippen molar-refractivity contribution in [3.05, 3.63) is 71.8 Å². The third kappa shape index (κ3) is 26.5. The number of anilines is 1. The summed E-state index contributed by atoms with van der Waals surface area (Å²) in [5.74, 6) is -0.307. The van der Waals surface area contributed by atoms with E-state index in [9.17, 15) is 19.2 Å². The van der Waals surface area contributed by atoms with Crippen molar-refractivity contribution in [1.29, 1.82) is 0 Å². The molecule has 1 N–H and O–H groups in total. The maximum Gasteiger partial charge on any atom is 0.306 e. The van der Waals surface area contributed by atoms with E-state index >= 15 is 0 Å². The minimum Gasteiger partial charge on any atom is -0.490 e. The number of ether oxygens (including phenoxy) is 5. The van der Waals surface area contributed by atoms with Gasteiger partial charge < -0.3 is 33.9 Å². The Morgan fingerprint density at radius 1 is 0.639 bits per heavy atom. The van der Waals surface area contributed by atoms with E-state index in [1.807, 2.05) is 19.1 Å². The van der Waals surface area contributed by atoms with Gasteiger partial charge >= 0.3 is 11.9 Å². The highest BCUT2D eigenvalue weighted by molar-refractivity contribution is 6.06. The first-order chi connectivity index (χ1) is 41.1. The number of aromatic nitrogens is 4. The van der Waals surface area contributed by atoms with E-state index in [1.165, 1.54) is 197 Å².